The maximum Gasteiger partial charge on any atom is 0.306 e. The zero-order valence-corrected chi connectivity index (χ0v) is 20.4. The number of hydrogen-bond acceptors (Lipinski definition) is 9. The van der Waals surface area contributed by atoms with E-state index in [4.69, 9.17) is 9.72 Å². The third-order valence-electron chi connectivity index (χ3n) is 6.47. The summed E-state index contributed by atoms with van der Waals surface area (Å²) in [4.78, 5) is 16.1. The Labute approximate surface area is 207 Å². The number of carboxylic acid groups (broad SMARTS) is 1. The number of hydrogen-bond donors (Lipinski definition) is 1. The molecular formula is C23H28N10O3. The molecule has 13 heteroatoms. The molecular weight excluding hydrogens is 464 g/mol. The van der Waals surface area contributed by atoms with E-state index < -0.39 is 5.97 Å². The minimum absolute atomic E-state index is 0.130. The Hall–Kier alpha value is -4.16. The molecule has 2 atom stereocenters. The van der Waals surface area contributed by atoms with Crippen molar-refractivity contribution in [3.05, 3.63) is 47.3 Å². The van der Waals surface area contributed by atoms with Gasteiger partial charge in [0.25, 0.3) is 0 Å². The average Bonchev–Trinajstić information content (AvgIpc) is 3.57. The van der Waals surface area contributed by atoms with Gasteiger partial charge < -0.3 is 9.84 Å². The number of nitrogens with zero attached hydrogens (tertiary/aromatic N) is 10. The van der Waals surface area contributed by atoms with Gasteiger partial charge in [0.1, 0.15) is 18.0 Å². The second-order valence-electron chi connectivity index (χ2n) is 9.14. The van der Waals surface area contributed by atoms with Crippen LogP contribution in [-0.4, -0.2) is 67.1 Å². The number of aliphatic carboxylic acids is 1. The van der Waals surface area contributed by atoms with Crippen LogP contribution in [0.5, 0.6) is 5.75 Å². The lowest BCUT2D eigenvalue weighted by Crippen LogP contribution is -2.29. The zero-order valence-electron chi connectivity index (χ0n) is 20.4. The van der Waals surface area contributed by atoms with Crippen LogP contribution in [0.1, 0.15) is 48.6 Å². The quantitative estimate of drug-likeness (QED) is 0.385. The summed E-state index contributed by atoms with van der Waals surface area (Å²) in [5.74, 6) is 0.198. The normalized spacial score (nSPS) is 17.9. The van der Waals surface area contributed by atoms with Gasteiger partial charge in [0.15, 0.2) is 5.82 Å². The van der Waals surface area contributed by atoms with E-state index >= 15 is 0 Å². The summed E-state index contributed by atoms with van der Waals surface area (Å²) < 4.78 is 11.3. The van der Waals surface area contributed by atoms with Crippen LogP contribution in [0.15, 0.2) is 24.4 Å². The Bertz CT molecular complexity index is 1370. The summed E-state index contributed by atoms with van der Waals surface area (Å²) in [6, 6.07) is 5.64. The van der Waals surface area contributed by atoms with Gasteiger partial charge in [0, 0.05) is 13.2 Å². The van der Waals surface area contributed by atoms with Gasteiger partial charge in [0.2, 0.25) is 0 Å². The molecule has 13 nitrogen and oxygen atoms in total. The van der Waals surface area contributed by atoms with Crippen LogP contribution in [0.25, 0.3) is 11.4 Å². The van der Waals surface area contributed by atoms with E-state index in [2.05, 4.69) is 30.9 Å². The molecule has 4 heterocycles. The van der Waals surface area contributed by atoms with Crippen molar-refractivity contribution < 1.29 is 14.6 Å². The number of pyridine rings is 1. The first-order chi connectivity index (χ1) is 17.4. The van der Waals surface area contributed by atoms with Crippen LogP contribution in [0, 0.1) is 19.8 Å². The number of ether oxygens (including phenoxy) is 1. The van der Waals surface area contributed by atoms with Crippen molar-refractivity contribution in [1.29, 1.82) is 0 Å². The van der Waals surface area contributed by atoms with Crippen molar-refractivity contribution in [3.8, 4) is 17.1 Å². The first kappa shape index (κ1) is 23.6. The zero-order chi connectivity index (χ0) is 25.2. The van der Waals surface area contributed by atoms with Crippen molar-refractivity contribution in [3.63, 3.8) is 0 Å². The van der Waals surface area contributed by atoms with Crippen LogP contribution in [-0.2, 0) is 24.9 Å². The third kappa shape index (κ3) is 4.95. The fraction of sp³-hybridized carbons (Fsp3) is 0.478. The highest BCUT2D eigenvalue weighted by Crippen LogP contribution is 2.30. The fourth-order valence-corrected chi connectivity index (χ4v) is 4.51. The monoisotopic (exact) mass is 492 g/mol. The van der Waals surface area contributed by atoms with Crippen molar-refractivity contribution in [1.82, 2.24) is 50.0 Å². The molecule has 0 amide bonds. The predicted octanol–water partition coefficient (Wildman–Crippen LogP) is 1.80. The number of rotatable bonds is 8. The third-order valence-corrected chi connectivity index (χ3v) is 6.47. The summed E-state index contributed by atoms with van der Waals surface area (Å²) in [5.41, 5.74) is 3.72. The molecule has 0 radical (unpaired) electrons. The molecule has 0 bridgehead atoms. The lowest BCUT2D eigenvalue weighted by molar-refractivity contribution is -0.143. The van der Waals surface area contributed by atoms with Gasteiger partial charge in [-0.2, -0.15) is 5.10 Å². The summed E-state index contributed by atoms with van der Waals surface area (Å²) in [7, 11) is 1.82. The molecule has 0 aromatic carbocycles. The van der Waals surface area contributed by atoms with E-state index in [1.165, 1.54) is 0 Å². The SMILES string of the molecule is Cc1ccn(Cc2nnnn2Cc2c(-c3ccc(O[C@H]4CCC[C@H](C(=O)O)C4)c(C)n3)nnn2C)n1. The van der Waals surface area contributed by atoms with E-state index in [0.717, 1.165) is 24.2 Å². The van der Waals surface area contributed by atoms with Gasteiger partial charge in [-0.25, -0.2) is 14.3 Å². The lowest BCUT2D eigenvalue weighted by Gasteiger charge is -2.27. The summed E-state index contributed by atoms with van der Waals surface area (Å²) in [6.07, 6.45) is 4.65. The van der Waals surface area contributed by atoms with E-state index in [1.807, 2.05) is 45.3 Å². The van der Waals surface area contributed by atoms with Crippen LogP contribution in [0.2, 0.25) is 0 Å². The predicted molar refractivity (Wildman–Crippen MR) is 126 cm³/mol. The molecule has 0 spiro atoms. The molecule has 5 rings (SSSR count). The topological polar surface area (TPSA) is 152 Å². The Balaban J connectivity index is 1.34. The van der Waals surface area contributed by atoms with Crippen molar-refractivity contribution in [2.75, 3.05) is 0 Å². The summed E-state index contributed by atoms with van der Waals surface area (Å²) in [5, 5.41) is 34.4. The van der Waals surface area contributed by atoms with Gasteiger partial charge in [-0.15, -0.1) is 10.2 Å². The van der Waals surface area contributed by atoms with E-state index in [1.54, 1.807) is 14.0 Å². The molecule has 188 valence electrons. The molecule has 1 fully saturated rings. The van der Waals surface area contributed by atoms with E-state index in [9.17, 15) is 9.90 Å². The highest BCUT2D eigenvalue weighted by molar-refractivity contribution is 5.70. The number of carbonyl (C=O) groups is 1. The molecule has 0 unspecified atom stereocenters. The second-order valence-corrected chi connectivity index (χ2v) is 9.14. The first-order valence-electron chi connectivity index (χ1n) is 11.9. The summed E-state index contributed by atoms with van der Waals surface area (Å²) >= 11 is 0. The van der Waals surface area contributed by atoms with Crippen molar-refractivity contribution in [2.45, 2.75) is 58.7 Å². The van der Waals surface area contributed by atoms with Gasteiger partial charge in [-0.05, 0) is 68.2 Å². The fourth-order valence-electron chi connectivity index (χ4n) is 4.51. The lowest BCUT2D eigenvalue weighted by atomic mass is 9.87. The molecule has 0 saturated heterocycles. The van der Waals surface area contributed by atoms with Crippen LogP contribution in [0.3, 0.4) is 0 Å². The number of aromatic nitrogens is 10. The minimum atomic E-state index is -0.755. The first-order valence-corrected chi connectivity index (χ1v) is 11.9. The molecule has 1 saturated carbocycles. The van der Waals surface area contributed by atoms with Crippen LogP contribution >= 0.6 is 0 Å². The smallest absolute Gasteiger partial charge is 0.306 e. The van der Waals surface area contributed by atoms with Crippen LogP contribution < -0.4 is 4.74 Å². The maximum absolute atomic E-state index is 11.4. The molecule has 1 aliphatic rings. The van der Waals surface area contributed by atoms with Gasteiger partial charge in [-0.1, -0.05) is 5.21 Å². The number of aryl methyl sites for hydroxylation is 3. The Morgan fingerprint density at radius 1 is 1.14 bits per heavy atom. The highest BCUT2D eigenvalue weighted by atomic mass is 16.5. The van der Waals surface area contributed by atoms with Crippen molar-refractivity contribution >= 4 is 5.97 Å². The Morgan fingerprint density at radius 2 is 2.00 bits per heavy atom. The number of carboxylic acids is 1. The van der Waals surface area contributed by atoms with E-state index in [-0.39, 0.29) is 12.0 Å². The molecule has 1 N–H and O–H groups in total. The molecule has 1 aliphatic carbocycles. The van der Waals surface area contributed by atoms with Crippen LogP contribution in [0.4, 0.5) is 0 Å². The summed E-state index contributed by atoms with van der Waals surface area (Å²) in [6.45, 7) is 4.60. The Morgan fingerprint density at radius 3 is 2.75 bits per heavy atom. The highest BCUT2D eigenvalue weighted by Gasteiger charge is 2.28. The molecule has 36 heavy (non-hydrogen) atoms. The van der Waals surface area contributed by atoms with Gasteiger partial charge >= 0.3 is 5.97 Å². The van der Waals surface area contributed by atoms with E-state index in [0.29, 0.717) is 54.6 Å². The van der Waals surface area contributed by atoms with Crippen molar-refractivity contribution in [2.24, 2.45) is 13.0 Å². The van der Waals surface area contributed by atoms with Gasteiger partial charge in [-0.3, -0.25) is 9.48 Å². The Kier molecular flexibility index (Phi) is 6.44. The molecule has 0 aliphatic heterocycles. The molecule has 4 aromatic heterocycles. The minimum Gasteiger partial charge on any atom is -0.489 e. The average molecular weight is 493 g/mol. The largest absolute Gasteiger partial charge is 0.489 e. The molecule has 4 aromatic rings. The van der Waals surface area contributed by atoms with Gasteiger partial charge in [0.05, 0.1) is 41.3 Å². The number of tetrazole rings is 1. The maximum atomic E-state index is 11.4. The second kappa shape index (κ2) is 9.84. The standard InChI is InChI=1S/C23H28N10O3/c1-14-9-10-32(27-14)13-21-25-28-30-33(21)12-19-22(26-29-31(19)3)18-7-8-20(15(2)24-18)36-17-6-4-5-16(11-17)23(34)35/h7-10,16-17H,4-6,11-13H2,1-3H3,(H,34,35)/t16-,17-/m0/s1.